The van der Waals surface area contributed by atoms with Gasteiger partial charge in [-0.1, -0.05) is 6.92 Å². The van der Waals surface area contributed by atoms with Gasteiger partial charge in [-0.3, -0.25) is 9.00 Å². The van der Waals surface area contributed by atoms with Crippen molar-refractivity contribution in [3.05, 3.63) is 0 Å². The molecule has 0 aliphatic heterocycles. The summed E-state index contributed by atoms with van der Waals surface area (Å²) in [5.41, 5.74) is 10.3. The minimum atomic E-state index is -1.04. The van der Waals surface area contributed by atoms with Gasteiger partial charge in [0.05, 0.1) is 0 Å². The molecule has 4 nitrogen and oxygen atoms in total. The summed E-state index contributed by atoms with van der Waals surface area (Å²) in [6.07, 6.45) is 0. The summed E-state index contributed by atoms with van der Waals surface area (Å²) in [5.74, 6) is -0.430. The second-order valence-electron chi connectivity index (χ2n) is 2.90. The normalized spacial score (nSPS) is 18.2. The van der Waals surface area contributed by atoms with Crippen LogP contribution in [-0.4, -0.2) is 27.7 Å². The molecule has 5 heteroatoms. The highest BCUT2D eigenvalue weighted by molar-refractivity contribution is 7.85. The van der Waals surface area contributed by atoms with Gasteiger partial charge in [0.15, 0.2) is 0 Å². The molecule has 0 spiro atoms. The van der Waals surface area contributed by atoms with Crippen LogP contribution < -0.4 is 11.5 Å². The van der Waals surface area contributed by atoms with E-state index in [1.54, 1.807) is 13.8 Å². The van der Waals surface area contributed by atoms with Crippen molar-refractivity contribution in [1.29, 1.82) is 0 Å². The lowest BCUT2D eigenvalue weighted by molar-refractivity contribution is -0.120. The van der Waals surface area contributed by atoms with Gasteiger partial charge in [0.2, 0.25) is 5.91 Å². The standard InChI is InChI=1S/C7H16N2O2S/c1-5(7(9)10)4-12(11)6(2)3-8/h5-6H,3-4,8H2,1-2H3,(H2,9,10). The molecule has 0 aliphatic rings. The van der Waals surface area contributed by atoms with E-state index in [-0.39, 0.29) is 11.2 Å². The number of rotatable bonds is 5. The predicted molar refractivity (Wildman–Crippen MR) is 49.9 cm³/mol. The summed E-state index contributed by atoms with van der Waals surface area (Å²) < 4.78 is 11.3. The molecule has 72 valence electrons. The van der Waals surface area contributed by atoms with Gasteiger partial charge in [0.1, 0.15) is 0 Å². The van der Waals surface area contributed by atoms with Gasteiger partial charge < -0.3 is 11.5 Å². The summed E-state index contributed by atoms with van der Waals surface area (Å²) in [6, 6.07) is 0. The summed E-state index contributed by atoms with van der Waals surface area (Å²) in [4.78, 5) is 10.6. The molecule has 3 atom stereocenters. The molecule has 12 heavy (non-hydrogen) atoms. The molecule has 4 N–H and O–H groups in total. The molecule has 0 fully saturated rings. The lowest BCUT2D eigenvalue weighted by Crippen LogP contribution is -2.31. The minimum Gasteiger partial charge on any atom is -0.369 e. The topological polar surface area (TPSA) is 86.2 Å². The lowest BCUT2D eigenvalue weighted by Gasteiger charge is -2.11. The monoisotopic (exact) mass is 192 g/mol. The average Bonchev–Trinajstić information content (AvgIpc) is 2.02. The maximum Gasteiger partial charge on any atom is 0.221 e. The zero-order valence-corrected chi connectivity index (χ0v) is 8.26. The third-order valence-electron chi connectivity index (χ3n) is 1.68. The molecule has 0 heterocycles. The largest absolute Gasteiger partial charge is 0.369 e. The number of amides is 1. The molecule has 1 amide bonds. The van der Waals surface area contributed by atoms with Crippen molar-refractivity contribution in [3.8, 4) is 0 Å². The van der Waals surface area contributed by atoms with Gasteiger partial charge in [-0.05, 0) is 6.92 Å². The summed E-state index contributed by atoms with van der Waals surface area (Å²) in [5, 5.41) is -0.0631. The van der Waals surface area contributed by atoms with Crippen LogP contribution in [0.4, 0.5) is 0 Å². The van der Waals surface area contributed by atoms with E-state index in [1.165, 1.54) is 0 Å². The Labute approximate surface area is 75.1 Å². The van der Waals surface area contributed by atoms with Crippen LogP contribution in [0.5, 0.6) is 0 Å². The fourth-order valence-electron chi connectivity index (χ4n) is 0.600. The van der Waals surface area contributed by atoms with Gasteiger partial charge in [-0.25, -0.2) is 0 Å². The molecule has 0 radical (unpaired) electrons. The summed E-state index contributed by atoms with van der Waals surface area (Å²) in [7, 11) is -1.04. The summed E-state index contributed by atoms with van der Waals surface area (Å²) >= 11 is 0. The van der Waals surface area contributed by atoms with E-state index < -0.39 is 16.7 Å². The van der Waals surface area contributed by atoms with E-state index >= 15 is 0 Å². The first-order chi connectivity index (χ1) is 5.49. The maximum absolute atomic E-state index is 11.3. The van der Waals surface area contributed by atoms with Crippen molar-refractivity contribution in [1.82, 2.24) is 0 Å². The van der Waals surface area contributed by atoms with E-state index in [4.69, 9.17) is 11.5 Å². The van der Waals surface area contributed by atoms with Crippen LogP contribution in [-0.2, 0) is 15.6 Å². The van der Waals surface area contributed by atoms with Gasteiger partial charge in [-0.2, -0.15) is 0 Å². The molecule has 0 aromatic rings. The van der Waals surface area contributed by atoms with Crippen molar-refractivity contribution in [3.63, 3.8) is 0 Å². The molecule has 0 aromatic heterocycles. The fourth-order valence-corrected chi connectivity index (χ4v) is 1.80. The number of primary amides is 1. The van der Waals surface area contributed by atoms with Gasteiger partial charge >= 0.3 is 0 Å². The highest BCUT2D eigenvalue weighted by Gasteiger charge is 2.16. The second kappa shape index (κ2) is 5.27. The Balaban J connectivity index is 3.92. The Hall–Kier alpha value is -0.420. The third kappa shape index (κ3) is 3.82. The Morgan fingerprint density at radius 2 is 2.00 bits per heavy atom. The number of nitrogens with two attached hydrogens (primary N) is 2. The number of hydrogen-bond acceptors (Lipinski definition) is 3. The van der Waals surface area contributed by atoms with E-state index in [9.17, 15) is 9.00 Å². The Morgan fingerprint density at radius 3 is 2.33 bits per heavy atom. The Morgan fingerprint density at radius 1 is 1.50 bits per heavy atom. The Bertz CT molecular complexity index is 184. The van der Waals surface area contributed by atoms with Crippen molar-refractivity contribution < 1.29 is 9.00 Å². The molecule has 0 saturated heterocycles. The van der Waals surface area contributed by atoms with Crippen molar-refractivity contribution >= 4 is 16.7 Å². The highest BCUT2D eigenvalue weighted by Crippen LogP contribution is 2.01. The van der Waals surface area contributed by atoms with E-state index in [2.05, 4.69) is 0 Å². The highest BCUT2D eigenvalue weighted by atomic mass is 32.2. The smallest absolute Gasteiger partial charge is 0.221 e. The summed E-state index contributed by atoms with van der Waals surface area (Å²) in [6.45, 7) is 3.84. The van der Waals surface area contributed by atoms with Gasteiger partial charge in [0, 0.05) is 34.3 Å². The molecular formula is C7H16N2O2S. The van der Waals surface area contributed by atoms with E-state index in [0.717, 1.165) is 0 Å². The average molecular weight is 192 g/mol. The minimum absolute atomic E-state index is 0.0631. The zero-order valence-electron chi connectivity index (χ0n) is 7.45. The zero-order chi connectivity index (χ0) is 9.72. The maximum atomic E-state index is 11.3. The first kappa shape index (κ1) is 11.6. The van der Waals surface area contributed by atoms with E-state index in [1.807, 2.05) is 0 Å². The fraction of sp³-hybridized carbons (Fsp3) is 0.857. The van der Waals surface area contributed by atoms with Crippen molar-refractivity contribution in [2.24, 2.45) is 17.4 Å². The molecule has 0 aliphatic carbocycles. The number of hydrogen-bond donors (Lipinski definition) is 2. The van der Waals surface area contributed by atoms with Crippen LogP contribution in [0, 0.1) is 5.92 Å². The number of carbonyl (C=O) groups excluding carboxylic acids is 1. The molecule has 0 bridgehead atoms. The molecular weight excluding hydrogens is 176 g/mol. The van der Waals surface area contributed by atoms with Crippen molar-refractivity contribution in [2.45, 2.75) is 19.1 Å². The van der Waals surface area contributed by atoms with Crippen LogP contribution >= 0.6 is 0 Å². The SMILES string of the molecule is CC(CS(=O)C(C)CN)C(N)=O. The molecule has 0 saturated carbocycles. The third-order valence-corrected chi connectivity index (χ3v) is 3.60. The van der Waals surface area contributed by atoms with Gasteiger partial charge in [0.25, 0.3) is 0 Å². The second-order valence-corrected chi connectivity index (χ2v) is 4.80. The first-order valence-electron chi connectivity index (χ1n) is 3.85. The lowest BCUT2D eigenvalue weighted by atomic mass is 10.2. The predicted octanol–water partition coefficient (Wildman–Crippen LogP) is -0.796. The molecule has 0 aromatic carbocycles. The quantitative estimate of drug-likeness (QED) is 0.598. The first-order valence-corrected chi connectivity index (χ1v) is 5.23. The number of carbonyl (C=O) groups is 1. The van der Waals surface area contributed by atoms with Crippen molar-refractivity contribution in [2.75, 3.05) is 12.3 Å². The van der Waals surface area contributed by atoms with E-state index in [0.29, 0.717) is 12.3 Å². The Kier molecular flexibility index (Phi) is 5.08. The van der Waals surface area contributed by atoms with Crippen LogP contribution in [0.2, 0.25) is 0 Å². The molecule has 3 unspecified atom stereocenters. The van der Waals surface area contributed by atoms with Crippen LogP contribution in [0.3, 0.4) is 0 Å². The van der Waals surface area contributed by atoms with Crippen LogP contribution in [0.15, 0.2) is 0 Å². The van der Waals surface area contributed by atoms with Crippen LogP contribution in [0.25, 0.3) is 0 Å². The van der Waals surface area contributed by atoms with Crippen LogP contribution in [0.1, 0.15) is 13.8 Å². The molecule has 0 rings (SSSR count). The van der Waals surface area contributed by atoms with Gasteiger partial charge in [-0.15, -0.1) is 0 Å².